The summed E-state index contributed by atoms with van der Waals surface area (Å²) in [6.45, 7) is 8.63. The number of allylic oxidation sites excluding steroid dienone is 1. The Labute approximate surface area is 377 Å². The highest BCUT2D eigenvalue weighted by atomic mass is 16.8. The molecule has 0 unspecified atom stereocenters. The average Bonchev–Trinajstić information content (AvgIpc) is 3.74. The lowest BCUT2D eigenvalue weighted by molar-refractivity contribution is -0.390. The summed E-state index contributed by atoms with van der Waals surface area (Å²) in [6, 6.07) is 0. The molecule has 0 aromatic heterocycles. The second-order valence-corrected chi connectivity index (χ2v) is 21.3. The Kier molecular flexibility index (Phi) is 13.5. The first-order valence-electron chi connectivity index (χ1n) is 23.7. The van der Waals surface area contributed by atoms with E-state index in [1.807, 2.05) is 6.92 Å². The maximum Gasteiger partial charge on any atom is 0.200 e. The van der Waals surface area contributed by atoms with E-state index in [1.165, 1.54) is 6.92 Å². The third-order valence-corrected chi connectivity index (χ3v) is 18.0. The first-order valence-corrected chi connectivity index (χ1v) is 23.7. The second kappa shape index (κ2) is 18.0. The summed E-state index contributed by atoms with van der Waals surface area (Å²) in [6.07, 6.45) is -21.8. The molecule has 0 aromatic carbocycles. The van der Waals surface area contributed by atoms with E-state index < -0.39 is 141 Å². The summed E-state index contributed by atoms with van der Waals surface area (Å²) in [4.78, 5) is 0. The van der Waals surface area contributed by atoms with Crippen molar-refractivity contribution in [3.63, 3.8) is 0 Å². The molecular weight excluding hydrogens is 860 g/mol. The van der Waals surface area contributed by atoms with E-state index >= 15 is 0 Å². The van der Waals surface area contributed by atoms with E-state index in [0.29, 0.717) is 13.0 Å². The van der Waals surface area contributed by atoms with E-state index in [4.69, 9.17) is 37.9 Å². The van der Waals surface area contributed by atoms with E-state index in [-0.39, 0.29) is 53.4 Å². The number of fused-ring (bicyclic) bond motifs is 7. The molecule has 5 saturated heterocycles. The topological polar surface area (TPSA) is 317 Å². The fraction of sp³-hybridized carbons (Fsp3) is 0.956. The molecule has 0 radical (unpaired) electrons. The molecule has 0 aromatic rings. The molecule has 1 spiro atoms. The van der Waals surface area contributed by atoms with Gasteiger partial charge in [0.2, 0.25) is 0 Å². The maximum atomic E-state index is 12.3. The maximum absolute atomic E-state index is 12.3. The van der Waals surface area contributed by atoms with Gasteiger partial charge in [0.05, 0.1) is 50.3 Å². The molecule has 9 rings (SSSR count). The molecule has 0 bridgehead atoms. The second-order valence-electron chi connectivity index (χ2n) is 21.3. The van der Waals surface area contributed by atoms with Crippen LogP contribution in [0.25, 0.3) is 0 Å². The molecule has 9 aliphatic rings. The Bertz CT molecular complexity index is 1720. The Morgan fingerprint density at radius 1 is 0.677 bits per heavy atom. The minimum absolute atomic E-state index is 0.110. The lowest BCUT2D eigenvalue weighted by Crippen LogP contribution is -2.67. The van der Waals surface area contributed by atoms with Crippen LogP contribution in [-0.2, 0) is 37.9 Å². The van der Waals surface area contributed by atoms with Crippen LogP contribution in [0, 0.1) is 46.3 Å². The van der Waals surface area contributed by atoms with Crippen LogP contribution in [-0.4, -0.2) is 210 Å². The summed E-state index contributed by atoms with van der Waals surface area (Å²) < 4.78 is 49.1. The van der Waals surface area contributed by atoms with Gasteiger partial charge in [0.15, 0.2) is 24.7 Å². The van der Waals surface area contributed by atoms with Gasteiger partial charge in [-0.1, -0.05) is 39.3 Å². The summed E-state index contributed by atoms with van der Waals surface area (Å²) >= 11 is 0. The van der Waals surface area contributed by atoms with Crippen molar-refractivity contribution in [1.82, 2.24) is 0 Å². The lowest BCUT2D eigenvalue weighted by Gasteiger charge is -2.60. The van der Waals surface area contributed by atoms with E-state index in [9.17, 15) is 61.3 Å². The molecule has 20 nitrogen and oxygen atoms in total. The van der Waals surface area contributed by atoms with Gasteiger partial charge in [-0.05, 0) is 68.1 Å². The van der Waals surface area contributed by atoms with Crippen LogP contribution in [0.1, 0.15) is 73.1 Å². The normalized spacial score (nSPS) is 59.0. The smallest absolute Gasteiger partial charge is 0.200 e. The van der Waals surface area contributed by atoms with Crippen LogP contribution in [0.5, 0.6) is 0 Å². The molecule has 4 aliphatic carbocycles. The SMILES string of the molecule is C[C@@H]1CO[C@@]2(O[C@H]3C[C@H]4[C@@H]5CC=C6C[C@@H](O[C@@H]7O[C@H](CO)[C@@H](O[C@@H]8O[C@H](CO)[C@@H](O)[C@H](O)[C@H]8O)[C@H](O)[C@H]7O[C@@H]7O[C@@H](C)[C@H](O)[C@@H](O)[C@H]7O)C[C@@H](O)[C@]6(C)[C@H]5CC[C@]4(C)[C@H]3[C@@H]2C)[C@@H](O)[C@H]1O. The van der Waals surface area contributed by atoms with Gasteiger partial charge < -0.3 is 99.2 Å². The fourth-order valence-corrected chi connectivity index (χ4v) is 14.2. The van der Waals surface area contributed by atoms with Gasteiger partial charge >= 0.3 is 0 Å². The number of aliphatic hydroxyl groups is 12. The van der Waals surface area contributed by atoms with Crippen molar-refractivity contribution in [1.29, 1.82) is 0 Å². The van der Waals surface area contributed by atoms with Gasteiger partial charge in [-0.25, -0.2) is 0 Å². The predicted octanol–water partition coefficient (Wildman–Crippen LogP) is -2.87. The van der Waals surface area contributed by atoms with Crippen LogP contribution in [0.4, 0.5) is 0 Å². The quantitative estimate of drug-likeness (QED) is 0.109. The van der Waals surface area contributed by atoms with Crippen molar-refractivity contribution in [3.8, 4) is 0 Å². The van der Waals surface area contributed by atoms with Gasteiger partial charge in [-0.2, -0.15) is 0 Å². The average molecular weight is 933 g/mol. The highest BCUT2D eigenvalue weighted by Gasteiger charge is 2.72. The molecular formula is C45H72O20. The number of hydrogen-bond donors (Lipinski definition) is 12. The molecule has 3 saturated carbocycles. The molecule has 0 amide bonds. The van der Waals surface area contributed by atoms with Gasteiger partial charge in [-0.15, -0.1) is 0 Å². The Hall–Kier alpha value is -1.06. The molecule has 20 heteroatoms. The van der Waals surface area contributed by atoms with Gasteiger partial charge in [0.1, 0.15) is 73.2 Å². The Balaban J connectivity index is 0.935. The summed E-state index contributed by atoms with van der Waals surface area (Å²) in [5.74, 6) is -0.853. The van der Waals surface area contributed by atoms with Crippen molar-refractivity contribution >= 4 is 0 Å². The number of aliphatic hydroxyl groups excluding tert-OH is 12. The predicted molar refractivity (Wildman–Crippen MR) is 218 cm³/mol. The molecule has 8 fully saturated rings. The standard InChI is InChI=1S/C45H72O20/c1-16-15-58-45(39(57)29(16)49)17(2)28-24(65-45)12-23-21-7-6-19-10-20(11-27(48)44(19,5)22(21)8-9-43(23,28)4)60-42-38(64-40-34(54)32(52)30(50)18(3)59-40)36(56)37(26(14-47)62-42)63-41-35(55)33(53)31(51)25(13-46)61-41/h6,16-18,20-42,46-57H,7-15H2,1-5H3/t16-,17+,18+,20-,21-,22+,23+,24+,25-,26-,27-,28+,29+,30+,31-,32-,33+,34-,35-,36+,37-,38-,39+,40+,41+,42-,43+,44+,45+/m1/s1. The summed E-state index contributed by atoms with van der Waals surface area (Å²) in [7, 11) is 0. The van der Waals surface area contributed by atoms with Gasteiger partial charge in [-0.3, -0.25) is 0 Å². The van der Waals surface area contributed by atoms with Crippen molar-refractivity contribution in [2.45, 2.75) is 202 Å². The number of hydrogen-bond acceptors (Lipinski definition) is 20. The van der Waals surface area contributed by atoms with Crippen LogP contribution in [0.2, 0.25) is 0 Å². The van der Waals surface area contributed by atoms with Crippen molar-refractivity contribution in [2.24, 2.45) is 46.3 Å². The van der Waals surface area contributed by atoms with Crippen LogP contribution in [0.3, 0.4) is 0 Å². The minimum Gasteiger partial charge on any atom is -0.394 e. The highest BCUT2D eigenvalue weighted by molar-refractivity contribution is 5.29. The molecule has 29 atom stereocenters. The Morgan fingerprint density at radius 3 is 2.02 bits per heavy atom. The summed E-state index contributed by atoms with van der Waals surface area (Å²) in [5.41, 5.74) is 0.289. The third kappa shape index (κ3) is 7.64. The van der Waals surface area contributed by atoms with Crippen LogP contribution >= 0.6 is 0 Å². The highest BCUT2D eigenvalue weighted by Crippen LogP contribution is 2.71. The lowest BCUT2D eigenvalue weighted by atomic mass is 9.46. The summed E-state index contributed by atoms with van der Waals surface area (Å²) in [5, 5.41) is 130. The van der Waals surface area contributed by atoms with Gasteiger partial charge in [0.25, 0.3) is 0 Å². The zero-order valence-corrected chi connectivity index (χ0v) is 37.6. The molecule has 65 heavy (non-hydrogen) atoms. The molecule has 5 aliphatic heterocycles. The van der Waals surface area contributed by atoms with Crippen molar-refractivity contribution < 1.29 is 99.2 Å². The van der Waals surface area contributed by atoms with E-state index in [0.717, 1.165) is 31.3 Å². The largest absolute Gasteiger partial charge is 0.394 e. The fourth-order valence-electron chi connectivity index (χ4n) is 14.2. The first-order chi connectivity index (χ1) is 30.7. The monoisotopic (exact) mass is 932 g/mol. The Morgan fingerprint density at radius 2 is 1.32 bits per heavy atom. The number of ether oxygens (including phenoxy) is 8. The van der Waals surface area contributed by atoms with Crippen molar-refractivity contribution in [3.05, 3.63) is 11.6 Å². The molecule has 372 valence electrons. The zero-order valence-electron chi connectivity index (χ0n) is 37.6. The van der Waals surface area contributed by atoms with Crippen LogP contribution < -0.4 is 0 Å². The number of rotatable bonds is 8. The van der Waals surface area contributed by atoms with Crippen LogP contribution in [0.15, 0.2) is 11.6 Å². The first kappa shape index (κ1) is 48.9. The zero-order chi connectivity index (χ0) is 46.8. The van der Waals surface area contributed by atoms with E-state index in [1.54, 1.807) is 0 Å². The van der Waals surface area contributed by atoms with Crippen molar-refractivity contribution in [2.75, 3.05) is 19.8 Å². The van der Waals surface area contributed by atoms with Gasteiger partial charge in [0, 0.05) is 23.7 Å². The third-order valence-electron chi connectivity index (χ3n) is 18.0. The van der Waals surface area contributed by atoms with E-state index in [2.05, 4.69) is 26.8 Å². The minimum atomic E-state index is -1.87. The molecule has 12 N–H and O–H groups in total. The molecule has 5 heterocycles.